The van der Waals surface area contributed by atoms with E-state index in [1.807, 2.05) is 25.1 Å². The molecular formula is C18H14IN3O3. The fourth-order valence-corrected chi connectivity index (χ4v) is 2.90. The number of hydrogen-bond donors (Lipinski definition) is 1. The number of hydrogen-bond acceptors (Lipinski definition) is 4. The van der Waals surface area contributed by atoms with Crippen LogP contribution in [0.1, 0.15) is 5.56 Å². The van der Waals surface area contributed by atoms with Gasteiger partial charge in [0.1, 0.15) is 0 Å². The van der Waals surface area contributed by atoms with E-state index in [2.05, 4.69) is 32.9 Å². The maximum Gasteiger partial charge on any atom is 0.335 e. The second kappa shape index (κ2) is 7.14. The zero-order chi connectivity index (χ0) is 18.0. The van der Waals surface area contributed by atoms with Gasteiger partial charge in [0.15, 0.2) is 5.92 Å². The van der Waals surface area contributed by atoms with Gasteiger partial charge in [-0.25, -0.2) is 9.69 Å². The van der Waals surface area contributed by atoms with Gasteiger partial charge < -0.3 is 0 Å². The van der Waals surface area contributed by atoms with Crippen LogP contribution in [0.5, 0.6) is 0 Å². The van der Waals surface area contributed by atoms with Crippen LogP contribution in [-0.2, 0) is 9.59 Å². The standard InChI is InChI=1S/C18H14IN3O3/c1-11-6-8-12(9-7-11)22-17(24)13(16(23)21-18(22)25)10-20-15-5-3-2-4-14(15)19/h2-10,13H,1H3,(H,21,23,25)/t13-/m1/s1. The van der Waals surface area contributed by atoms with Crippen molar-refractivity contribution in [3.63, 3.8) is 0 Å². The Labute approximate surface area is 158 Å². The number of nitrogens with zero attached hydrogens (tertiary/aromatic N) is 2. The molecule has 7 heteroatoms. The second-order valence-electron chi connectivity index (χ2n) is 5.51. The molecule has 1 N–H and O–H groups in total. The zero-order valence-corrected chi connectivity index (χ0v) is 15.4. The molecule has 3 rings (SSSR count). The molecule has 0 radical (unpaired) electrons. The first-order valence-electron chi connectivity index (χ1n) is 7.51. The maximum absolute atomic E-state index is 12.7. The van der Waals surface area contributed by atoms with Crippen molar-refractivity contribution < 1.29 is 14.4 Å². The van der Waals surface area contributed by atoms with Crippen LogP contribution in [-0.4, -0.2) is 24.1 Å². The fraction of sp³-hybridized carbons (Fsp3) is 0.111. The minimum Gasteiger partial charge on any atom is -0.276 e. The van der Waals surface area contributed by atoms with Crippen LogP contribution in [0.15, 0.2) is 53.5 Å². The van der Waals surface area contributed by atoms with E-state index in [1.165, 1.54) is 6.21 Å². The number of carbonyl (C=O) groups is 3. The van der Waals surface area contributed by atoms with Crippen molar-refractivity contribution in [2.45, 2.75) is 6.92 Å². The summed E-state index contributed by atoms with van der Waals surface area (Å²) in [7, 11) is 0. The Bertz CT molecular complexity index is 877. The second-order valence-corrected chi connectivity index (χ2v) is 6.67. The normalized spacial score (nSPS) is 17.9. The van der Waals surface area contributed by atoms with Crippen LogP contribution in [0, 0.1) is 16.4 Å². The van der Waals surface area contributed by atoms with Gasteiger partial charge in [0.2, 0.25) is 5.91 Å². The lowest BCUT2D eigenvalue weighted by Gasteiger charge is -2.28. The third-order valence-electron chi connectivity index (χ3n) is 3.71. The maximum atomic E-state index is 12.7. The third kappa shape index (κ3) is 3.60. The Kier molecular flexibility index (Phi) is 4.93. The van der Waals surface area contributed by atoms with Crippen LogP contribution in [0.25, 0.3) is 0 Å². The molecule has 1 aliphatic rings. The van der Waals surface area contributed by atoms with E-state index in [9.17, 15) is 14.4 Å². The highest BCUT2D eigenvalue weighted by Gasteiger charge is 2.40. The molecule has 0 bridgehead atoms. The topological polar surface area (TPSA) is 78.8 Å². The van der Waals surface area contributed by atoms with Crippen molar-refractivity contribution in [2.24, 2.45) is 10.9 Å². The zero-order valence-electron chi connectivity index (χ0n) is 13.3. The van der Waals surface area contributed by atoms with E-state index in [4.69, 9.17) is 0 Å². The molecule has 2 aromatic rings. The Morgan fingerprint density at radius 3 is 2.44 bits per heavy atom. The highest BCUT2D eigenvalue weighted by Crippen LogP contribution is 2.23. The Morgan fingerprint density at radius 2 is 1.76 bits per heavy atom. The summed E-state index contributed by atoms with van der Waals surface area (Å²) in [6.07, 6.45) is 1.28. The first kappa shape index (κ1) is 17.3. The molecule has 0 saturated carbocycles. The Morgan fingerprint density at radius 1 is 1.08 bits per heavy atom. The molecule has 0 unspecified atom stereocenters. The molecule has 2 aromatic carbocycles. The molecule has 25 heavy (non-hydrogen) atoms. The van der Waals surface area contributed by atoms with Crippen molar-refractivity contribution >= 4 is 58.0 Å². The number of carbonyl (C=O) groups excluding carboxylic acids is 3. The number of urea groups is 1. The minimum absolute atomic E-state index is 0.410. The van der Waals surface area contributed by atoms with Gasteiger partial charge in [0.25, 0.3) is 5.91 Å². The highest BCUT2D eigenvalue weighted by molar-refractivity contribution is 14.1. The summed E-state index contributed by atoms with van der Waals surface area (Å²) in [4.78, 5) is 42.1. The summed E-state index contributed by atoms with van der Waals surface area (Å²) in [5.41, 5.74) is 2.07. The van der Waals surface area contributed by atoms with Gasteiger partial charge in [-0.15, -0.1) is 0 Å². The van der Waals surface area contributed by atoms with Crippen molar-refractivity contribution in [3.8, 4) is 0 Å². The van der Waals surface area contributed by atoms with Gasteiger partial charge in [0.05, 0.1) is 11.4 Å². The quantitative estimate of drug-likeness (QED) is 0.446. The number of aryl methyl sites for hydroxylation is 1. The van der Waals surface area contributed by atoms with Gasteiger partial charge in [-0.1, -0.05) is 29.8 Å². The molecule has 4 amide bonds. The first-order valence-corrected chi connectivity index (χ1v) is 8.59. The summed E-state index contributed by atoms with van der Waals surface area (Å²) >= 11 is 2.12. The third-order valence-corrected chi connectivity index (χ3v) is 4.62. The van der Waals surface area contributed by atoms with Gasteiger partial charge in [-0.3, -0.25) is 19.9 Å². The van der Waals surface area contributed by atoms with E-state index in [-0.39, 0.29) is 0 Å². The molecule has 0 aromatic heterocycles. The van der Waals surface area contributed by atoms with Crippen LogP contribution in [0.4, 0.5) is 16.2 Å². The number of anilines is 1. The largest absolute Gasteiger partial charge is 0.335 e. The summed E-state index contributed by atoms with van der Waals surface area (Å²) in [6, 6.07) is 13.5. The average molecular weight is 447 g/mol. The van der Waals surface area contributed by atoms with Gasteiger partial charge in [-0.05, 0) is 53.8 Å². The lowest BCUT2D eigenvalue weighted by molar-refractivity contribution is -0.131. The number of nitrogens with one attached hydrogen (secondary N) is 1. The molecule has 0 aliphatic carbocycles. The number of aliphatic imine (C=N–C) groups is 1. The van der Waals surface area contributed by atoms with E-state index < -0.39 is 23.8 Å². The Balaban J connectivity index is 1.90. The molecular weight excluding hydrogens is 433 g/mol. The van der Waals surface area contributed by atoms with E-state index in [0.29, 0.717) is 11.4 Å². The van der Waals surface area contributed by atoms with Crippen molar-refractivity contribution in [1.82, 2.24) is 5.32 Å². The molecule has 6 nitrogen and oxygen atoms in total. The van der Waals surface area contributed by atoms with Crippen LogP contribution >= 0.6 is 22.6 Å². The van der Waals surface area contributed by atoms with E-state index in [1.54, 1.807) is 30.3 Å². The summed E-state index contributed by atoms with van der Waals surface area (Å²) in [6.45, 7) is 1.91. The number of para-hydroxylation sites is 1. The summed E-state index contributed by atoms with van der Waals surface area (Å²) in [5, 5.41) is 2.21. The average Bonchev–Trinajstić information content (AvgIpc) is 2.57. The lowest BCUT2D eigenvalue weighted by atomic mass is 10.1. The predicted octanol–water partition coefficient (Wildman–Crippen LogP) is 3.20. The SMILES string of the molecule is Cc1ccc(N2C(=O)NC(=O)[C@@H](C=Nc3ccccc3I)C2=O)cc1. The smallest absolute Gasteiger partial charge is 0.276 e. The number of benzene rings is 2. The van der Waals surface area contributed by atoms with Gasteiger partial charge >= 0.3 is 6.03 Å². The van der Waals surface area contributed by atoms with Gasteiger partial charge in [-0.2, -0.15) is 0 Å². The summed E-state index contributed by atoms with van der Waals surface area (Å²) in [5.74, 6) is -2.45. The molecule has 0 spiro atoms. The first-order chi connectivity index (χ1) is 12.0. The van der Waals surface area contributed by atoms with Gasteiger partial charge in [0, 0.05) is 9.78 Å². The predicted molar refractivity (Wildman–Crippen MR) is 103 cm³/mol. The molecule has 126 valence electrons. The molecule has 1 heterocycles. The van der Waals surface area contributed by atoms with E-state index in [0.717, 1.165) is 14.0 Å². The number of barbiturate groups is 1. The monoisotopic (exact) mass is 447 g/mol. The Hall–Kier alpha value is -2.55. The van der Waals surface area contributed by atoms with Crippen LogP contribution in [0.3, 0.4) is 0 Å². The molecule has 1 fully saturated rings. The van der Waals surface area contributed by atoms with E-state index >= 15 is 0 Å². The number of rotatable bonds is 3. The molecule has 1 saturated heterocycles. The van der Waals surface area contributed by atoms with Crippen LogP contribution < -0.4 is 10.2 Å². The number of halogens is 1. The van der Waals surface area contributed by atoms with Crippen LogP contribution in [0.2, 0.25) is 0 Å². The highest BCUT2D eigenvalue weighted by atomic mass is 127. The van der Waals surface area contributed by atoms with Crippen molar-refractivity contribution in [2.75, 3.05) is 4.90 Å². The molecule has 1 atom stereocenters. The van der Waals surface area contributed by atoms with Crippen molar-refractivity contribution in [1.29, 1.82) is 0 Å². The number of amides is 4. The fourth-order valence-electron chi connectivity index (χ4n) is 2.37. The number of imide groups is 2. The lowest BCUT2D eigenvalue weighted by Crippen LogP contribution is -2.58. The van der Waals surface area contributed by atoms with Crippen molar-refractivity contribution in [3.05, 3.63) is 57.7 Å². The minimum atomic E-state index is -1.16. The molecule has 1 aliphatic heterocycles. The summed E-state index contributed by atoms with van der Waals surface area (Å²) < 4.78 is 0.895.